The number of anilines is 1. The molecule has 0 aliphatic carbocycles. The number of benzene rings is 2. The fourth-order valence-corrected chi connectivity index (χ4v) is 6.08. The molecule has 1 aliphatic rings. The van der Waals surface area contributed by atoms with Crippen molar-refractivity contribution in [1.82, 2.24) is 9.88 Å². The van der Waals surface area contributed by atoms with Crippen molar-refractivity contribution in [1.29, 1.82) is 0 Å². The second-order valence-electron chi connectivity index (χ2n) is 8.14. The summed E-state index contributed by atoms with van der Waals surface area (Å²) in [5.74, 6) is -0.140. The number of rotatable bonds is 10. The van der Waals surface area contributed by atoms with Gasteiger partial charge in [0.2, 0.25) is 5.91 Å². The molecular formula is C26H23Cl2N3O2S3. The molecule has 36 heavy (non-hydrogen) atoms. The van der Waals surface area contributed by atoms with E-state index in [4.69, 9.17) is 35.4 Å². The van der Waals surface area contributed by atoms with Crippen molar-refractivity contribution < 1.29 is 9.59 Å². The maximum Gasteiger partial charge on any atom is 0.266 e. The van der Waals surface area contributed by atoms with Gasteiger partial charge in [0, 0.05) is 40.5 Å². The number of nitrogens with zero attached hydrogens (tertiary/aromatic N) is 2. The maximum atomic E-state index is 12.7. The number of thioether (sulfide) groups is 1. The molecule has 5 nitrogen and oxygen atoms in total. The zero-order chi connectivity index (χ0) is 25.5. The molecule has 2 heterocycles. The van der Waals surface area contributed by atoms with Crippen LogP contribution < -0.4 is 5.32 Å². The average molecular weight is 577 g/mol. The summed E-state index contributed by atoms with van der Waals surface area (Å²) in [4.78, 5) is 32.7. The van der Waals surface area contributed by atoms with Crippen molar-refractivity contribution >= 4 is 85.9 Å². The van der Waals surface area contributed by atoms with Gasteiger partial charge >= 0.3 is 0 Å². The van der Waals surface area contributed by atoms with E-state index in [9.17, 15) is 9.59 Å². The van der Waals surface area contributed by atoms with Crippen LogP contribution in [-0.4, -0.2) is 32.6 Å². The van der Waals surface area contributed by atoms with E-state index in [1.807, 2.05) is 42.5 Å². The minimum absolute atomic E-state index is 0.0647. The van der Waals surface area contributed by atoms with Gasteiger partial charge in [0.05, 0.1) is 4.91 Å². The van der Waals surface area contributed by atoms with Crippen LogP contribution in [0, 0.1) is 0 Å². The van der Waals surface area contributed by atoms with Crippen molar-refractivity contribution in [2.75, 3.05) is 11.9 Å². The highest BCUT2D eigenvalue weighted by Crippen LogP contribution is 2.33. The van der Waals surface area contributed by atoms with Gasteiger partial charge in [-0.05, 0) is 48.2 Å². The monoisotopic (exact) mass is 575 g/mol. The third-order valence-electron chi connectivity index (χ3n) is 5.45. The van der Waals surface area contributed by atoms with Crippen LogP contribution in [0.3, 0.4) is 0 Å². The number of thiazole rings is 1. The molecule has 2 aromatic carbocycles. The molecule has 0 saturated carbocycles. The van der Waals surface area contributed by atoms with Gasteiger partial charge in [-0.3, -0.25) is 14.5 Å². The Morgan fingerprint density at radius 3 is 2.64 bits per heavy atom. The Morgan fingerprint density at radius 1 is 1.08 bits per heavy atom. The molecule has 186 valence electrons. The van der Waals surface area contributed by atoms with Gasteiger partial charge in [0.1, 0.15) is 4.32 Å². The fraction of sp³-hybridized carbons (Fsp3) is 0.231. The van der Waals surface area contributed by atoms with Gasteiger partial charge in [0.15, 0.2) is 5.13 Å². The van der Waals surface area contributed by atoms with Crippen molar-refractivity contribution in [2.45, 2.75) is 32.1 Å². The molecule has 1 aliphatic heterocycles. The lowest BCUT2D eigenvalue weighted by atomic mass is 10.1. The highest BCUT2D eigenvalue weighted by molar-refractivity contribution is 8.26. The normalized spacial score (nSPS) is 14.6. The topological polar surface area (TPSA) is 62.3 Å². The van der Waals surface area contributed by atoms with Crippen LogP contribution in [0.1, 0.15) is 41.7 Å². The molecule has 0 unspecified atom stereocenters. The van der Waals surface area contributed by atoms with Crippen LogP contribution in [0.2, 0.25) is 10.0 Å². The predicted octanol–water partition coefficient (Wildman–Crippen LogP) is 7.44. The van der Waals surface area contributed by atoms with Gasteiger partial charge in [0.25, 0.3) is 5.91 Å². The van der Waals surface area contributed by atoms with E-state index in [1.54, 1.807) is 23.2 Å². The largest absolute Gasteiger partial charge is 0.302 e. The first-order chi connectivity index (χ1) is 17.4. The SMILES string of the molecule is O=C(CCCCCN1C(=O)/C(=C/c2ccc(Cl)cc2)SC1=S)Nc1ncc(Cc2ccccc2Cl)s1. The Bertz CT molecular complexity index is 1290. The van der Waals surface area contributed by atoms with Gasteiger partial charge in [-0.2, -0.15) is 0 Å². The van der Waals surface area contributed by atoms with Crippen LogP contribution in [0.4, 0.5) is 5.13 Å². The maximum absolute atomic E-state index is 12.7. The summed E-state index contributed by atoms with van der Waals surface area (Å²) in [7, 11) is 0. The van der Waals surface area contributed by atoms with E-state index in [1.165, 1.54) is 23.1 Å². The molecule has 1 saturated heterocycles. The van der Waals surface area contributed by atoms with Crippen molar-refractivity contribution in [3.63, 3.8) is 0 Å². The highest BCUT2D eigenvalue weighted by Gasteiger charge is 2.31. The molecule has 1 N–H and O–H groups in total. The number of carbonyl (C=O) groups is 2. The number of carbonyl (C=O) groups excluding carboxylic acids is 2. The Balaban J connectivity index is 1.17. The van der Waals surface area contributed by atoms with E-state index in [0.29, 0.717) is 38.8 Å². The fourth-order valence-electron chi connectivity index (χ4n) is 3.59. The molecule has 1 fully saturated rings. The second-order valence-corrected chi connectivity index (χ2v) is 11.8. The van der Waals surface area contributed by atoms with E-state index < -0.39 is 0 Å². The number of amides is 2. The number of unbranched alkanes of at least 4 members (excludes halogenated alkanes) is 2. The number of hydrogen-bond acceptors (Lipinski definition) is 6. The standard InChI is InChI=1S/C26H23Cl2N3O2S3/c27-19-11-9-17(10-12-19)14-22-24(33)31(26(34)36-22)13-5-1-2-8-23(32)30-25-29-16-20(35-25)15-18-6-3-4-7-21(18)28/h3-4,6-7,9-12,14,16H,1-2,5,8,13,15H2,(H,29,30,32)/b22-14-. The molecule has 0 bridgehead atoms. The molecule has 0 atom stereocenters. The van der Waals surface area contributed by atoms with E-state index in [-0.39, 0.29) is 11.8 Å². The second kappa shape index (κ2) is 12.8. The predicted molar refractivity (Wildman–Crippen MR) is 155 cm³/mol. The van der Waals surface area contributed by atoms with E-state index in [2.05, 4.69) is 10.3 Å². The zero-order valence-electron chi connectivity index (χ0n) is 19.2. The Hall–Kier alpha value is -2.23. The molecule has 2 amide bonds. The minimum atomic E-state index is -0.0749. The summed E-state index contributed by atoms with van der Waals surface area (Å²) < 4.78 is 0.564. The zero-order valence-corrected chi connectivity index (χ0v) is 23.2. The number of halogens is 2. The average Bonchev–Trinajstić information content (AvgIpc) is 3.40. The quantitative estimate of drug-likeness (QED) is 0.154. The number of hydrogen-bond donors (Lipinski definition) is 1. The smallest absolute Gasteiger partial charge is 0.266 e. The lowest BCUT2D eigenvalue weighted by molar-refractivity contribution is -0.122. The third-order valence-corrected chi connectivity index (χ3v) is 8.36. The summed E-state index contributed by atoms with van der Waals surface area (Å²) in [5.41, 5.74) is 1.93. The first kappa shape index (κ1) is 26.8. The van der Waals surface area contributed by atoms with Gasteiger partial charge in [-0.15, -0.1) is 11.3 Å². The summed E-state index contributed by atoms with van der Waals surface area (Å²) in [6, 6.07) is 15.0. The van der Waals surface area contributed by atoms with Crippen molar-refractivity contribution in [3.8, 4) is 0 Å². The first-order valence-corrected chi connectivity index (χ1v) is 14.2. The molecule has 3 aromatic rings. The van der Waals surface area contributed by atoms with E-state index in [0.717, 1.165) is 40.3 Å². The number of aromatic nitrogens is 1. The van der Waals surface area contributed by atoms with Gasteiger partial charge in [-0.1, -0.05) is 83.9 Å². The first-order valence-electron chi connectivity index (χ1n) is 11.4. The number of thiocarbonyl (C=S) groups is 1. The van der Waals surface area contributed by atoms with Gasteiger partial charge < -0.3 is 5.32 Å². The number of nitrogens with one attached hydrogen (secondary N) is 1. The van der Waals surface area contributed by atoms with Crippen LogP contribution >= 0.6 is 58.5 Å². The van der Waals surface area contributed by atoms with Gasteiger partial charge in [-0.25, -0.2) is 4.98 Å². The summed E-state index contributed by atoms with van der Waals surface area (Å²) >= 11 is 20.3. The molecular weight excluding hydrogens is 553 g/mol. The van der Waals surface area contributed by atoms with Crippen LogP contribution in [0.5, 0.6) is 0 Å². The molecule has 1 aromatic heterocycles. The third kappa shape index (κ3) is 7.40. The minimum Gasteiger partial charge on any atom is -0.302 e. The van der Waals surface area contributed by atoms with Crippen molar-refractivity contribution in [2.24, 2.45) is 0 Å². The lowest BCUT2D eigenvalue weighted by Gasteiger charge is -2.14. The van der Waals surface area contributed by atoms with E-state index >= 15 is 0 Å². The Labute approximate surface area is 233 Å². The summed E-state index contributed by atoms with van der Waals surface area (Å²) in [6.45, 7) is 0.544. The highest BCUT2D eigenvalue weighted by atomic mass is 35.5. The van der Waals surface area contributed by atoms with Crippen LogP contribution in [-0.2, 0) is 16.0 Å². The Kier molecular flexibility index (Phi) is 9.56. The summed E-state index contributed by atoms with van der Waals surface area (Å²) in [6.07, 6.45) is 6.99. The molecule has 10 heteroatoms. The molecule has 0 spiro atoms. The summed E-state index contributed by atoms with van der Waals surface area (Å²) in [5, 5.41) is 4.84. The van der Waals surface area contributed by atoms with Crippen molar-refractivity contribution in [3.05, 3.63) is 85.7 Å². The van der Waals surface area contributed by atoms with Crippen LogP contribution in [0.25, 0.3) is 6.08 Å². The van der Waals surface area contributed by atoms with Crippen LogP contribution in [0.15, 0.2) is 59.6 Å². The Morgan fingerprint density at radius 2 is 1.86 bits per heavy atom. The molecule has 0 radical (unpaired) electrons. The molecule has 4 rings (SSSR count). The lowest BCUT2D eigenvalue weighted by Crippen LogP contribution is -2.29.